The number of halogens is 1. The average Bonchev–Trinajstić information content (AvgIpc) is 2.63. The Balaban J connectivity index is 1.83. The van der Waals surface area contributed by atoms with Crippen molar-refractivity contribution in [1.82, 2.24) is 5.43 Å². The van der Waals surface area contributed by atoms with Crippen molar-refractivity contribution in [1.29, 1.82) is 0 Å². The molecule has 0 saturated carbocycles. The third kappa shape index (κ3) is 7.06. The number of hydrogen-bond acceptors (Lipinski definition) is 5. The maximum absolute atomic E-state index is 11.9. The highest BCUT2D eigenvalue weighted by Crippen LogP contribution is 2.12. The number of hydrogen-bond donors (Lipinski definition) is 1. The van der Waals surface area contributed by atoms with Crippen LogP contribution in [0.3, 0.4) is 0 Å². The molecule has 0 aliphatic rings. The minimum Gasteiger partial charge on any atom is -0.482 e. The van der Waals surface area contributed by atoms with Crippen molar-refractivity contribution in [3.8, 4) is 5.75 Å². The molecule has 2 rings (SSSR count). The number of carbonyl (C=O) groups is 2. The van der Waals surface area contributed by atoms with Crippen LogP contribution in [0.2, 0.25) is 0 Å². The van der Waals surface area contributed by atoms with Crippen molar-refractivity contribution in [2.45, 2.75) is 13.3 Å². The summed E-state index contributed by atoms with van der Waals surface area (Å²) in [4.78, 5) is 23.2. The number of nitrogens with one attached hydrogen (secondary N) is 1. The van der Waals surface area contributed by atoms with Crippen molar-refractivity contribution in [2.24, 2.45) is 5.10 Å². The zero-order valence-corrected chi connectivity index (χ0v) is 15.9. The molecule has 0 atom stereocenters. The lowest BCUT2D eigenvalue weighted by Crippen LogP contribution is -2.19. The second kappa shape index (κ2) is 10.4. The third-order valence-electron chi connectivity index (χ3n) is 3.20. The van der Waals surface area contributed by atoms with Crippen LogP contribution >= 0.6 is 15.9 Å². The van der Waals surface area contributed by atoms with Crippen molar-refractivity contribution >= 4 is 34.0 Å². The Kier molecular flexibility index (Phi) is 7.82. The van der Waals surface area contributed by atoms with Crippen LogP contribution in [0.15, 0.2) is 58.1 Å². The SMILES string of the molecule is CCOC(=O)COc1cccc(/C=N/NC(=O)Cc2ccc(Br)cc2)c1. The molecule has 0 fully saturated rings. The van der Waals surface area contributed by atoms with Gasteiger partial charge < -0.3 is 9.47 Å². The van der Waals surface area contributed by atoms with Crippen molar-refractivity contribution in [3.05, 3.63) is 64.1 Å². The highest BCUT2D eigenvalue weighted by Gasteiger charge is 2.04. The molecule has 2 aromatic rings. The molecule has 6 nitrogen and oxygen atoms in total. The second-order valence-electron chi connectivity index (χ2n) is 5.26. The van der Waals surface area contributed by atoms with Gasteiger partial charge in [0.1, 0.15) is 5.75 Å². The van der Waals surface area contributed by atoms with E-state index in [1.54, 1.807) is 25.1 Å². The van der Waals surface area contributed by atoms with E-state index >= 15 is 0 Å². The van der Waals surface area contributed by atoms with Crippen LogP contribution in [0, 0.1) is 0 Å². The summed E-state index contributed by atoms with van der Waals surface area (Å²) in [6, 6.07) is 14.5. The Bertz CT molecular complexity index is 775. The van der Waals surface area contributed by atoms with Crippen molar-refractivity contribution in [3.63, 3.8) is 0 Å². The van der Waals surface area contributed by atoms with Crippen LogP contribution in [0.1, 0.15) is 18.1 Å². The van der Waals surface area contributed by atoms with Crippen LogP contribution < -0.4 is 10.2 Å². The van der Waals surface area contributed by atoms with Crippen LogP contribution in [0.5, 0.6) is 5.75 Å². The van der Waals surface area contributed by atoms with Gasteiger partial charge >= 0.3 is 5.97 Å². The first-order valence-electron chi connectivity index (χ1n) is 8.01. The summed E-state index contributed by atoms with van der Waals surface area (Å²) in [6.45, 7) is 1.90. The molecule has 0 aliphatic carbocycles. The fourth-order valence-corrected chi connectivity index (χ4v) is 2.30. The predicted molar refractivity (Wildman–Crippen MR) is 102 cm³/mol. The molecule has 0 radical (unpaired) electrons. The number of hydrazone groups is 1. The molecule has 26 heavy (non-hydrogen) atoms. The third-order valence-corrected chi connectivity index (χ3v) is 3.73. The first-order valence-corrected chi connectivity index (χ1v) is 8.81. The van der Waals surface area contributed by atoms with E-state index in [2.05, 4.69) is 26.5 Å². The molecule has 0 unspecified atom stereocenters. The summed E-state index contributed by atoms with van der Waals surface area (Å²) in [6.07, 6.45) is 1.75. The number of rotatable bonds is 8. The minimum absolute atomic E-state index is 0.154. The topological polar surface area (TPSA) is 77.0 Å². The number of carbonyl (C=O) groups excluding carboxylic acids is 2. The summed E-state index contributed by atoms with van der Waals surface area (Å²) in [5.41, 5.74) is 4.11. The van der Waals surface area contributed by atoms with E-state index in [0.29, 0.717) is 12.4 Å². The molecule has 1 N–H and O–H groups in total. The van der Waals surface area contributed by atoms with E-state index in [-0.39, 0.29) is 18.9 Å². The van der Waals surface area contributed by atoms with Gasteiger partial charge in [-0.3, -0.25) is 4.79 Å². The molecule has 0 saturated heterocycles. The smallest absolute Gasteiger partial charge is 0.344 e. The first kappa shape index (κ1) is 19.7. The van der Waals surface area contributed by atoms with E-state index in [4.69, 9.17) is 9.47 Å². The van der Waals surface area contributed by atoms with Crippen LogP contribution in [0.25, 0.3) is 0 Å². The number of ether oxygens (including phenoxy) is 2. The lowest BCUT2D eigenvalue weighted by molar-refractivity contribution is -0.145. The molecule has 0 aliphatic heterocycles. The van der Waals surface area contributed by atoms with Gasteiger partial charge in [0, 0.05) is 4.47 Å². The normalized spacial score (nSPS) is 10.5. The minimum atomic E-state index is -0.424. The second-order valence-corrected chi connectivity index (χ2v) is 6.18. The fourth-order valence-electron chi connectivity index (χ4n) is 2.04. The van der Waals surface area contributed by atoms with Gasteiger partial charge in [0.15, 0.2) is 6.61 Å². The molecular weight excluding hydrogens is 400 g/mol. The number of amides is 1. The summed E-state index contributed by atoms with van der Waals surface area (Å²) in [5, 5.41) is 3.94. The van der Waals surface area contributed by atoms with E-state index in [9.17, 15) is 9.59 Å². The number of esters is 1. The number of benzene rings is 2. The zero-order valence-electron chi connectivity index (χ0n) is 14.3. The standard InChI is InChI=1S/C19H19BrN2O4/c1-2-25-19(24)13-26-17-5-3-4-15(10-17)12-21-22-18(23)11-14-6-8-16(20)9-7-14/h3-10,12H,2,11,13H2,1H3,(H,22,23)/b21-12+. The van der Waals surface area contributed by atoms with Gasteiger partial charge in [-0.2, -0.15) is 5.10 Å². The molecule has 0 heterocycles. The molecule has 7 heteroatoms. The van der Waals surface area contributed by atoms with Crippen molar-refractivity contribution in [2.75, 3.05) is 13.2 Å². The molecule has 0 bridgehead atoms. The van der Waals surface area contributed by atoms with Gasteiger partial charge in [-0.25, -0.2) is 10.2 Å². The summed E-state index contributed by atoms with van der Waals surface area (Å²) < 4.78 is 11.1. The monoisotopic (exact) mass is 418 g/mol. The molecule has 2 aromatic carbocycles. The lowest BCUT2D eigenvalue weighted by atomic mass is 10.1. The summed E-state index contributed by atoms with van der Waals surface area (Å²) in [7, 11) is 0. The predicted octanol–water partition coefficient (Wildman–Crippen LogP) is 3.08. The van der Waals surface area contributed by atoms with Gasteiger partial charge in [0.05, 0.1) is 19.2 Å². The quantitative estimate of drug-likeness (QED) is 0.405. The Hall–Kier alpha value is -2.67. The van der Waals surface area contributed by atoms with E-state index in [1.165, 1.54) is 6.21 Å². The molecule has 0 spiro atoms. The van der Waals surface area contributed by atoms with Crippen LogP contribution in [-0.2, 0) is 20.7 Å². The molecule has 1 amide bonds. The van der Waals surface area contributed by atoms with E-state index < -0.39 is 5.97 Å². The summed E-state index contributed by atoms with van der Waals surface area (Å²) in [5.74, 6) is -0.117. The van der Waals surface area contributed by atoms with Gasteiger partial charge in [0.25, 0.3) is 0 Å². The maximum atomic E-state index is 11.9. The summed E-state index contributed by atoms with van der Waals surface area (Å²) >= 11 is 3.35. The Morgan fingerprint density at radius 3 is 2.69 bits per heavy atom. The fraction of sp³-hybridized carbons (Fsp3) is 0.211. The Morgan fingerprint density at radius 2 is 1.96 bits per heavy atom. The van der Waals surface area contributed by atoms with Crippen LogP contribution in [-0.4, -0.2) is 31.3 Å². The largest absolute Gasteiger partial charge is 0.482 e. The van der Waals surface area contributed by atoms with Gasteiger partial charge in [-0.1, -0.05) is 40.2 Å². The maximum Gasteiger partial charge on any atom is 0.344 e. The molecule has 136 valence electrons. The Labute approximate surface area is 160 Å². The Morgan fingerprint density at radius 1 is 1.19 bits per heavy atom. The van der Waals surface area contributed by atoms with E-state index in [0.717, 1.165) is 15.6 Å². The van der Waals surface area contributed by atoms with Gasteiger partial charge in [-0.15, -0.1) is 0 Å². The lowest BCUT2D eigenvalue weighted by Gasteiger charge is -2.06. The average molecular weight is 419 g/mol. The molecule has 0 aromatic heterocycles. The van der Waals surface area contributed by atoms with Crippen LogP contribution in [0.4, 0.5) is 0 Å². The van der Waals surface area contributed by atoms with Gasteiger partial charge in [0.2, 0.25) is 5.91 Å². The zero-order chi connectivity index (χ0) is 18.8. The van der Waals surface area contributed by atoms with Crippen molar-refractivity contribution < 1.29 is 19.1 Å². The first-order chi connectivity index (χ1) is 12.6. The highest BCUT2D eigenvalue weighted by atomic mass is 79.9. The van der Waals surface area contributed by atoms with E-state index in [1.807, 2.05) is 30.3 Å². The number of nitrogens with zero attached hydrogens (tertiary/aromatic N) is 1. The highest BCUT2D eigenvalue weighted by molar-refractivity contribution is 9.10. The molecular formula is C19H19BrN2O4. The van der Waals surface area contributed by atoms with Gasteiger partial charge in [-0.05, 0) is 42.3 Å².